The van der Waals surface area contributed by atoms with Crippen LogP contribution in [-0.2, 0) is 14.8 Å². The maximum Gasteiger partial charge on any atom is 0.264 e. The molecule has 0 spiro atoms. The first-order valence-electron chi connectivity index (χ1n) is 8.22. The lowest BCUT2D eigenvalue weighted by Gasteiger charge is -2.23. The molecule has 0 fully saturated rings. The van der Waals surface area contributed by atoms with E-state index in [0.29, 0.717) is 15.2 Å². The third-order valence-corrected chi connectivity index (χ3v) is 7.37. The second-order valence-electron chi connectivity index (χ2n) is 5.79. The molecular weight excluding hydrogens is 416 g/mol. The number of nitrogens with one attached hydrogen (secondary N) is 1. The molecule has 10 heteroatoms. The van der Waals surface area contributed by atoms with Crippen LogP contribution in [0.25, 0.3) is 0 Å². The van der Waals surface area contributed by atoms with Crippen molar-refractivity contribution in [2.24, 2.45) is 0 Å². The SMILES string of the molecule is CSc1nnc(NC(=O)CN(c2ccccc2)S(=O)(=O)c2ccc(C)cc2)s1. The highest BCUT2D eigenvalue weighted by atomic mass is 32.2. The van der Waals surface area contributed by atoms with Gasteiger partial charge in [-0.3, -0.25) is 14.4 Å². The Hall–Kier alpha value is -2.43. The Morgan fingerprint density at radius 3 is 2.39 bits per heavy atom. The molecule has 3 aromatic rings. The summed E-state index contributed by atoms with van der Waals surface area (Å²) < 4.78 is 28.2. The van der Waals surface area contributed by atoms with Crippen molar-refractivity contribution in [3.8, 4) is 0 Å². The van der Waals surface area contributed by atoms with Gasteiger partial charge in [-0.1, -0.05) is 59.0 Å². The Bertz CT molecular complexity index is 1050. The molecule has 0 saturated carbocycles. The van der Waals surface area contributed by atoms with E-state index in [1.54, 1.807) is 42.5 Å². The molecular formula is C18H18N4O3S3. The van der Waals surface area contributed by atoms with Crippen LogP contribution >= 0.6 is 23.1 Å². The number of para-hydroxylation sites is 1. The van der Waals surface area contributed by atoms with Gasteiger partial charge in [-0.05, 0) is 37.4 Å². The fourth-order valence-electron chi connectivity index (χ4n) is 2.38. The number of carbonyl (C=O) groups excluding carboxylic acids is 1. The summed E-state index contributed by atoms with van der Waals surface area (Å²) in [6.07, 6.45) is 1.86. The number of carbonyl (C=O) groups is 1. The lowest BCUT2D eigenvalue weighted by molar-refractivity contribution is -0.114. The first-order valence-corrected chi connectivity index (χ1v) is 11.7. The van der Waals surface area contributed by atoms with Crippen molar-refractivity contribution < 1.29 is 13.2 Å². The molecule has 1 heterocycles. The van der Waals surface area contributed by atoms with Crippen molar-refractivity contribution in [1.29, 1.82) is 0 Å². The Morgan fingerprint density at radius 2 is 1.79 bits per heavy atom. The number of amides is 1. The maximum absolute atomic E-state index is 13.2. The van der Waals surface area contributed by atoms with Gasteiger partial charge >= 0.3 is 0 Å². The number of hydrogen-bond donors (Lipinski definition) is 1. The van der Waals surface area contributed by atoms with Gasteiger partial charge in [0.25, 0.3) is 10.0 Å². The first kappa shape index (κ1) is 20.3. The number of thioether (sulfide) groups is 1. The average molecular weight is 435 g/mol. The number of aromatic nitrogens is 2. The van der Waals surface area contributed by atoms with Gasteiger partial charge in [0.15, 0.2) is 4.34 Å². The van der Waals surface area contributed by atoms with Crippen LogP contribution in [0.4, 0.5) is 10.8 Å². The minimum atomic E-state index is -3.92. The largest absolute Gasteiger partial charge is 0.299 e. The highest BCUT2D eigenvalue weighted by Crippen LogP contribution is 2.25. The molecule has 0 unspecified atom stereocenters. The summed E-state index contributed by atoms with van der Waals surface area (Å²) in [6, 6.07) is 15.0. The monoisotopic (exact) mass is 434 g/mol. The summed E-state index contributed by atoms with van der Waals surface area (Å²) >= 11 is 2.65. The highest BCUT2D eigenvalue weighted by molar-refractivity contribution is 8.00. The van der Waals surface area contributed by atoms with Crippen LogP contribution in [0.1, 0.15) is 5.56 Å². The van der Waals surface area contributed by atoms with E-state index in [0.717, 1.165) is 9.87 Å². The molecule has 2 aromatic carbocycles. The number of hydrogen-bond acceptors (Lipinski definition) is 7. The van der Waals surface area contributed by atoms with Crippen LogP contribution in [0.15, 0.2) is 63.8 Å². The van der Waals surface area contributed by atoms with E-state index < -0.39 is 15.9 Å². The molecule has 3 rings (SSSR count). The molecule has 1 N–H and O–H groups in total. The van der Waals surface area contributed by atoms with Crippen molar-refractivity contribution in [2.75, 3.05) is 22.4 Å². The van der Waals surface area contributed by atoms with Crippen molar-refractivity contribution >= 4 is 49.8 Å². The standard InChI is InChI=1S/C18H18N4O3S3/c1-13-8-10-15(11-9-13)28(24,25)22(14-6-4-3-5-7-14)12-16(23)19-17-20-21-18(26-2)27-17/h3-11H,12H2,1-2H3,(H,19,20,23). The summed E-state index contributed by atoms with van der Waals surface area (Å²) in [7, 11) is -3.92. The van der Waals surface area contributed by atoms with Gasteiger partial charge in [0, 0.05) is 0 Å². The van der Waals surface area contributed by atoms with Crippen LogP contribution in [0.5, 0.6) is 0 Å². The fourth-order valence-corrected chi connectivity index (χ4v) is 4.99. The van der Waals surface area contributed by atoms with Crippen LogP contribution in [0.2, 0.25) is 0 Å². The second-order valence-corrected chi connectivity index (χ2v) is 9.68. The average Bonchev–Trinajstić information content (AvgIpc) is 3.14. The van der Waals surface area contributed by atoms with Gasteiger partial charge in [0.2, 0.25) is 11.0 Å². The van der Waals surface area contributed by atoms with E-state index in [-0.39, 0.29) is 11.4 Å². The summed E-state index contributed by atoms with van der Waals surface area (Å²) in [5.74, 6) is -0.497. The van der Waals surface area contributed by atoms with E-state index in [1.165, 1.54) is 35.2 Å². The zero-order chi connectivity index (χ0) is 20.1. The third-order valence-electron chi connectivity index (χ3n) is 3.77. The predicted octanol–water partition coefficient (Wildman–Crippen LogP) is 3.40. The van der Waals surface area contributed by atoms with Crippen LogP contribution in [0.3, 0.4) is 0 Å². The molecule has 1 amide bonds. The van der Waals surface area contributed by atoms with Gasteiger partial charge in [-0.25, -0.2) is 8.42 Å². The summed E-state index contributed by atoms with van der Waals surface area (Å²) in [5.41, 5.74) is 1.35. The molecule has 0 aliphatic rings. The smallest absolute Gasteiger partial charge is 0.264 e. The van der Waals surface area contributed by atoms with Crippen molar-refractivity contribution in [3.05, 3.63) is 60.2 Å². The lowest BCUT2D eigenvalue weighted by Crippen LogP contribution is -2.38. The number of nitrogens with zero attached hydrogens (tertiary/aromatic N) is 3. The quantitative estimate of drug-likeness (QED) is 0.453. The van der Waals surface area contributed by atoms with Crippen molar-refractivity contribution in [3.63, 3.8) is 0 Å². The Kier molecular flexibility index (Phi) is 6.32. The molecule has 0 aliphatic heterocycles. The maximum atomic E-state index is 13.2. The number of aryl methyl sites for hydroxylation is 1. The van der Waals surface area contributed by atoms with Crippen molar-refractivity contribution in [2.45, 2.75) is 16.2 Å². The molecule has 0 bridgehead atoms. The zero-order valence-electron chi connectivity index (χ0n) is 15.2. The van der Waals surface area contributed by atoms with Gasteiger partial charge < -0.3 is 0 Å². The molecule has 1 aromatic heterocycles. The van der Waals surface area contributed by atoms with Crippen LogP contribution in [0, 0.1) is 6.92 Å². The van der Waals surface area contributed by atoms with E-state index in [1.807, 2.05) is 13.2 Å². The number of anilines is 2. The second kappa shape index (κ2) is 8.72. The van der Waals surface area contributed by atoms with E-state index in [9.17, 15) is 13.2 Å². The van der Waals surface area contributed by atoms with Gasteiger partial charge in [-0.15, -0.1) is 10.2 Å². The van der Waals surface area contributed by atoms with E-state index >= 15 is 0 Å². The van der Waals surface area contributed by atoms with E-state index in [4.69, 9.17) is 0 Å². The lowest BCUT2D eigenvalue weighted by atomic mass is 10.2. The number of benzene rings is 2. The van der Waals surface area contributed by atoms with Crippen molar-refractivity contribution in [1.82, 2.24) is 10.2 Å². The van der Waals surface area contributed by atoms with E-state index in [2.05, 4.69) is 15.5 Å². The van der Waals surface area contributed by atoms with Gasteiger partial charge in [0.05, 0.1) is 10.6 Å². The van der Waals surface area contributed by atoms with Gasteiger partial charge in [0.1, 0.15) is 6.54 Å². The van der Waals surface area contributed by atoms with Gasteiger partial charge in [-0.2, -0.15) is 0 Å². The molecule has 0 saturated heterocycles. The summed E-state index contributed by atoms with van der Waals surface area (Å²) in [6.45, 7) is 1.50. The Morgan fingerprint density at radius 1 is 1.11 bits per heavy atom. The minimum absolute atomic E-state index is 0.121. The molecule has 0 aliphatic carbocycles. The minimum Gasteiger partial charge on any atom is -0.299 e. The Balaban J connectivity index is 1.89. The highest BCUT2D eigenvalue weighted by Gasteiger charge is 2.27. The number of rotatable bonds is 7. The normalized spacial score (nSPS) is 11.2. The first-order chi connectivity index (χ1) is 13.4. The molecule has 0 radical (unpaired) electrons. The fraction of sp³-hybridized carbons (Fsp3) is 0.167. The molecule has 28 heavy (non-hydrogen) atoms. The third kappa shape index (κ3) is 4.70. The zero-order valence-corrected chi connectivity index (χ0v) is 17.6. The molecule has 7 nitrogen and oxygen atoms in total. The summed E-state index contributed by atoms with van der Waals surface area (Å²) in [5, 5.41) is 10.7. The molecule has 0 atom stereocenters. The number of sulfonamides is 1. The molecule has 146 valence electrons. The van der Waals surface area contributed by atoms with Crippen LogP contribution in [-0.4, -0.2) is 37.3 Å². The summed E-state index contributed by atoms with van der Waals surface area (Å²) in [4.78, 5) is 12.7. The van der Waals surface area contributed by atoms with Crippen LogP contribution < -0.4 is 9.62 Å². The predicted molar refractivity (Wildman–Crippen MR) is 112 cm³/mol. The topological polar surface area (TPSA) is 92.3 Å². The Labute approximate surface area is 171 Å².